The lowest BCUT2D eigenvalue weighted by Gasteiger charge is -2.27. The van der Waals surface area contributed by atoms with Crippen molar-refractivity contribution in [3.63, 3.8) is 0 Å². The van der Waals surface area contributed by atoms with E-state index >= 15 is 0 Å². The second-order valence-electron chi connectivity index (χ2n) is 7.21. The van der Waals surface area contributed by atoms with Crippen molar-refractivity contribution in [3.8, 4) is 0 Å². The zero-order valence-corrected chi connectivity index (χ0v) is 12.7. The van der Waals surface area contributed by atoms with Crippen LogP contribution in [0.2, 0.25) is 0 Å². The first-order valence-electron chi connectivity index (χ1n) is 8.28. The van der Waals surface area contributed by atoms with Crippen LogP contribution in [0.5, 0.6) is 0 Å². The van der Waals surface area contributed by atoms with Gasteiger partial charge in [0.15, 0.2) is 0 Å². The maximum atomic E-state index is 12.7. The van der Waals surface area contributed by atoms with E-state index in [1.165, 1.54) is 11.1 Å². The quantitative estimate of drug-likeness (QED) is 0.893. The van der Waals surface area contributed by atoms with Gasteiger partial charge in [0.25, 0.3) is 0 Å². The van der Waals surface area contributed by atoms with E-state index < -0.39 is 5.54 Å². The lowest BCUT2D eigenvalue weighted by molar-refractivity contribution is -0.132. The fourth-order valence-corrected chi connectivity index (χ4v) is 4.67. The van der Waals surface area contributed by atoms with Crippen molar-refractivity contribution in [2.45, 2.75) is 55.9 Å². The summed E-state index contributed by atoms with van der Waals surface area (Å²) >= 11 is 0. The van der Waals surface area contributed by atoms with E-state index in [0.29, 0.717) is 12.8 Å². The van der Waals surface area contributed by atoms with Gasteiger partial charge in [-0.05, 0) is 43.2 Å². The predicted octanol–water partition coefficient (Wildman–Crippen LogP) is 1.80. The van der Waals surface area contributed by atoms with Crippen LogP contribution in [0.25, 0.3) is 0 Å². The molecule has 4 nitrogen and oxygen atoms in total. The van der Waals surface area contributed by atoms with Crippen LogP contribution in [0, 0.1) is 5.92 Å². The number of carbonyl (C=O) groups is 2. The van der Waals surface area contributed by atoms with E-state index in [0.717, 1.165) is 32.1 Å². The van der Waals surface area contributed by atoms with Crippen LogP contribution in [0.1, 0.15) is 49.7 Å². The first-order valence-corrected chi connectivity index (χ1v) is 8.28. The molecule has 3 aliphatic rings. The molecule has 0 saturated heterocycles. The van der Waals surface area contributed by atoms with Crippen molar-refractivity contribution in [1.29, 1.82) is 0 Å². The Bertz CT molecular complexity index is 648. The van der Waals surface area contributed by atoms with Crippen molar-refractivity contribution in [2.75, 3.05) is 0 Å². The minimum atomic E-state index is -0.793. The van der Waals surface area contributed by atoms with Gasteiger partial charge in [-0.2, -0.15) is 0 Å². The Hall–Kier alpha value is -1.84. The van der Waals surface area contributed by atoms with Crippen LogP contribution in [0.3, 0.4) is 0 Å². The molecule has 1 spiro atoms. The highest BCUT2D eigenvalue weighted by Crippen LogP contribution is 2.61. The number of primary amides is 1. The number of aryl methyl sites for hydroxylation is 1. The molecule has 0 unspecified atom stereocenters. The van der Waals surface area contributed by atoms with Crippen LogP contribution in [0.15, 0.2) is 24.3 Å². The third-order valence-electron chi connectivity index (χ3n) is 6.08. The molecule has 2 amide bonds. The van der Waals surface area contributed by atoms with Crippen molar-refractivity contribution in [3.05, 3.63) is 35.4 Å². The summed E-state index contributed by atoms with van der Waals surface area (Å²) < 4.78 is 0. The molecule has 0 radical (unpaired) electrons. The van der Waals surface area contributed by atoms with Gasteiger partial charge in [-0.1, -0.05) is 37.1 Å². The second-order valence-corrected chi connectivity index (χ2v) is 7.21. The lowest BCUT2D eigenvalue weighted by Crippen LogP contribution is -2.56. The number of fused-ring (bicyclic) bond motifs is 2. The second kappa shape index (κ2) is 4.58. The number of nitrogens with one attached hydrogen (secondary N) is 1. The minimum Gasteiger partial charge on any atom is -0.368 e. The molecule has 0 heterocycles. The molecule has 2 fully saturated rings. The van der Waals surface area contributed by atoms with Crippen molar-refractivity contribution >= 4 is 11.8 Å². The average molecular weight is 298 g/mol. The monoisotopic (exact) mass is 298 g/mol. The molecule has 0 bridgehead atoms. The van der Waals surface area contributed by atoms with Gasteiger partial charge < -0.3 is 11.1 Å². The number of amides is 2. The van der Waals surface area contributed by atoms with Gasteiger partial charge in [-0.15, -0.1) is 0 Å². The highest BCUT2D eigenvalue weighted by molar-refractivity contribution is 5.93. The minimum absolute atomic E-state index is 0.00738. The standard InChI is InChI=1S/C18H22N2O2/c19-16(22)18(8-3-4-9-18)20-15(21)14-11-17(14)10-7-12-5-1-2-6-13(12)17/h1-2,5-6,14H,3-4,7-11H2,(H2,19,22)(H,20,21)/t14-,17+/m1/s1. The highest BCUT2D eigenvalue weighted by Gasteiger charge is 2.62. The van der Waals surface area contributed by atoms with E-state index in [1.54, 1.807) is 0 Å². The Morgan fingerprint density at radius 2 is 1.86 bits per heavy atom. The predicted molar refractivity (Wildman–Crippen MR) is 83.1 cm³/mol. The Morgan fingerprint density at radius 3 is 2.59 bits per heavy atom. The maximum absolute atomic E-state index is 12.7. The molecule has 3 N–H and O–H groups in total. The Morgan fingerprint density at radius 1 is 1.14 bits per heavy atom. The summed E-state index contributed by atoms with van der Waals surface area (Å²) in [6.07, 6.45) is 6.30. The third kappa shape index (κ3) is 1.82. The summed E-state index contributed by atoms with van der Waals surface area (Å²) in [5.41, 5.74) is 7.52. The fraction of sp³-hybridized carbons (Fsp3) is 0.556. The van der Waals surface area contributed by atoms with Crippen LogP contribution in [0.4, 0.5) is 0 Å². The van der Waals surface area contributed by atoms with E-state index in [9.17, 15) is 9.59 Å². The summed E-state index contributed by atoms with van der Waals surface area (Å²) in [5.74, 6) is -0.342. The molecule has 1 aromatic rings. The van der Waals surface area contributed by atoms with Gasteiger partial charge >= 0.3 is 0 Å². The van der Waals surface area contributed by atoms with Crippen molar-refractivity contribution in [2.24, 2.45) is 11.7 Å². The van der Waals surface area contributed by atoms with E-state index in [2.05, 4.69) is 29.6 Å². The summed E-state index contributed by atoms with van der Waals surface area (Å²) in [6, 6.07) is 8.45. The number of carbonyl (C=O) groups excluding carboxylic acids is 2. The number of hydrogen-bond donors (Lipinski definition) is 2. The maximum Gasteiger partial charge on any atom is 0.243 e. The molecule has 2 saturated carbocycles. The van der Waals surface area contributed by atoms with Gasteiger partial charge in [0.1, 0.15) is 5.54 Å². The molecular weight excluding hydrogens is 276 g/mol. The van der Waals surface area contributed by atoms with Crippen LogP contribution in [-0.4, -0.2) is 17.4 Å². The zero-order chi connectivity index (χ0) is 15.4. The molecule has 4 heteroatoms. The molecule has 4 rings (SSSR count). The van der Waals surface area contributed by atoms with E-state index in [-0.39, 0.29) is 23.1 Å². The Labute approximate surface area is 130 Å². The van der Waals surface area contributed by atoms with Gasteiger partial charge in [0, 0.05) is 11.3 Å². The smallest absolute Gasteiger partial charge is 0.243 e. The zero-order valence-electron chi connectivity index (χ0n) is 12.7. The highest BCUT2D eigenvalue weighted by atomic mass is 16.2. The first-order chi connectivity index (χ1) is 10.6. The number of benzene rings is 1. The molecular formula is C18H22N2O2. The lowest BCUT2D eigenvalue weighted by atomic mass is 9.93. The van der Waals surface area contributed by atoms with Crippen LogP contribution >= 0.6 is 0 Å². The summed E-state index contributed by atoms with van der Waals surface area (Å²) in [4.78, 5) is 24.5. The van der Waals surface area contributed by atoms with Gasteiger partial charge in [-0.3, -0.25) is 9.59 Å². The topological polar surface area (TPSA) is 72.2 Å². The summed E-state index contributed by atoms with van der Waals surface area (Å²) in [6.45, 7) is 0. The van der Waals surface area contributed by atoms with Crippen molar-refractivity contribution in [1.82, 2.24) is 5.32 Å². The van der Waals surface area contributed by atoms with Gasteiger partial charge in [0.05, 0.1) is 0 Å². The number of rotatable bonds is 3. The SMILES string of the molecule is NC(=O)C1(NC(=O)[C@H]2C[C@]23CCc2ccccc23)CCCC1. The fourth-order valence-electron chi connectivity index (χ4n) is 4.67. The summed E-state index contributed by atoms with van der Waals surface area (Å²) in [5, 5.41) is 3.02. The molecule has 1 aromatic carbocycles. The molecule has 2 atom stereocenters. The molecule has 22 heavy (non-hydrogen) atoms. The molecule has 3 aliphatic carbocycles. The molecule has 116 valence electrons. The Balaban J connectivity index is 1.53. The van der Waals surface area contributed by atoms with E-state index in [4.69, 9.17) is 5.73 Å². The van der Waals surface area contributed by atoms with Gasteiger partial charge in [-0.25, -0.2) is 0 Å². The first kappa shape index (κ1) is 13.8. The summed E-state index contributed by atoms with van der Waals surface area (Å²) in [7, 11) is 0. The Kier molecular flexibility index (Phi) is 2.87. The number of nitrogens with two attached hydrogens (primary N) is 1. The van der Waals surface area contributed by atoms with E-state index in [1.807, 2.05) is 0 Å². The molecule has 0 aliphatic heterocycles. The van der Waals surface area contributed by atoms with Crippen molar-refractivity contribution < 1.29 is 9.59 Å². The number of hydrogen-bond acceptors (Lipinski definition) is 2. The van der Waals surface area contributed by atoms with Gasteiger partial charge in [0.2, 0.25) is 11.8 Å². The molecule has 0 aromatic heterocycles. The average Bonchev–Trinajstić information content (AvgIpc) is 2.86. The third-order valence-corrected chi connectivity index (χ3v) is 6.08. The van der Waals surface area contributed by atoms with Crippen LogP contribution in [-0.2, 0) is 21.4 Å². The normalized spacial score (nSPS) is 31.0. The van der Waals surface area contributed by atoms with Crippen LogP contribution < -0.4 is 11.1 Å². The largest absolute Gasteiger partial charge is 0.368 e.